The van der Waals surface area contributed by atoms with E-state index in [1.54, 1.807) is 24.3 Å². The molecule has 146 valence electrons. The number of methoxy groups -OCH3 is 1. The van der Waals surface area contributed by atoms with Crippen LogP contribution < -0.4 is 14.8 Å². The first-order valence-corrected chi connectivity index (χ1v) is 10.3. The van der Waals surface area contributed by atoms with Crippen molar-refractivity contribution in [1.29, 1.82) is 0 Å². The molecule has 0 fully saturated rings. The first kappa shape index (κ1) is 21.2. The molecule has 0 aliphatic heterocycles. The molecule has 2 N–H and O–H groups in total. The van der Waals surface area contributed by atoms with Crippen LogP contribution in [0, 0.1) is 5.92 Å². The van der Waals surface area contributed by atoms with Crippen LogP contribution in [0.3, 0.4) is 0 Å². The van der Waals surface area contributed by atoms with E-state index in [0.29, 0.717) is 11.6 Å². The number of ether oxygens (including phenoxy) is 1. The highest BCUT2D eigenvalue weighted by molar-refractivity contribution is 7.89. The summed E-state index contributed by atoms with van der Waals surface area (Å²) in [6, 6.07) is 11.2. The predicted octanol–water partition coefficient (Wildman–Crippen LogP) is 3.21. The van der Waals surface area contributed by atoms with Gasteiger partial charge in [0.05, 0.1) is 7.11 Å². The van der Waals surface area contributed by atoms with Crippen molar-refractivity contribution >= 4 is 27.5 Å². The quantitative estimate of drug-likeness (QED) is 0.699. The molecule has 1 amide bonds. The van der Waals surface area contributed by atoms with E-state index in [4.69, 9.17) is 16.3 Å². The third kappa shape index (κ3) is 5.95. The highest BCUT2D eigenvalue weighted by atomic mass is 35.5. The molecule has 0 spiro atoms. The average Bonchev–Trinajstić information content (AvgIpc) is 2.65. The van der Waals surface area contributed by atoms with Gasteiger partial charge in [0.2, 0.25) is 10.0 Å². The number of sulfonamides is 1. The summed E-state index contributed by atoms with van der Waals surface area (Å²) in [7, 11) is -2.51. The Morgan fingerprint density at radius 2 is 1.81 bits per heavy atom. The number of rotatable bonds is 8. The smallest absolute Gasteiger partial charge is 0.251 e. The van der Waals surface area contributed by atoms with E-state index in [1.165, 1.54) is 25.3 Å². The van der Waals surface area contributed by atoms with Gasteiger partial charge in [0.25, 0.3) is 5.91 Å². The number of halogens is 1. The van der Waals surface area contributed by atoms with Crippen LogP contribution in [-0.4, -0.2) is 28.0 Å². The maximum atomic E-state index is 12.7. The highest BCUT2D eigenvalue weighted by Gasteiger charge is 2.21. The first-order chi connectivity index (χ1) is 12.7. The number of carbonyl (C=O) groups excluding carboxylic acids is 1. The fraction of sp³-hybridized carbons (Fsp3) is 0.316. The van der Waals surface area contributed by atoms with Gasteiger partial charge >= 0.3 is 0 Å². The minimum absolute atomic E-state index is 0.0869. The number of amides is 1. The molecule has 0 saturated heterocycles. The molecule has 2 aromatic rings. The molecule has 0 atom stereocenters. The lowest BCUT2D eigenvalue weighted by atomic mass is 10.2. The third-order valence-corrected chi connectivity index (χ3v) is 5.44. The molecule has 0 aliphatic rings. The maximum Gasteiger partial charge on any atom is 0.251 e. The fourth-order valence-electron chi connectivity index (χ4n) is 2.29. The minimum Gasteiger partial charge on any atom is -0.495 e. The number of hydrogen-bond donors (Lipinski definition) is 2. The summed E-state index contributed by atoms with van der Waals surface area (Å²) < 4.78 is 33.2. The summed E-state index contributed by atoms with van der Waals surface area (Å²) in [5, 5.41) is 3.34. The van der Waals surface area contributed by atoms with Gasteiger partial charge in [0, 0.05) is 23.7 Å². The van der Waals surface area contributed by atoms with E-state index in [0.717, 1.165) is 5.56 Å². The predicted molar refractivity (Wildman–Crippen MR) is 106 cm³/mol. The van der Waals surface area contributed by atoms with Crippen molar-refractivity contribution in [3.8, 4) is 5.75 Å². The minimum atomic E-state index is -3.89. The molecule has 0 bridgehead atoms. The van der Waals surface area contributed by atoms with Crippen LogP contribution in [0.5, 0.6) is 5.75 Å². The second-order valence-electron chi connectivity index (χ2n) is 6.42. The summed E-state index contributed by atoms with van der Waals surface area (Å²) in [4.78, 5) is 12.2. The fourth-order valence-corrected chi connectivity index (χ4v) is 3.62. The van der Waals surface area contributed by atoms with Gasteiger partial charge in [-0.1, -0.05) is 37.6 Å². The molecule has 8 heteroatoms. The second kappa shape index (κ2) is 9.21. The van der Waals surface area contributed by atoms with E-state index < -0.39 is 10.0 Å². The molecular weight excluding hydrogens is 388 g/mol. The Labute approximate surface area is 164 Å². The molecule has 0 heterocycles. The number of hydrogen-bond acceptors (Lipinski definition) is 4. The van der Waals surface area contributed by atoms with Crippen molar-refractivity contribution in [2.75, 3.05) is 13.7 Å². The Hall–Kier alpha value is -2.09. The van der Waals surface area contributed by atoms with Crippen molar-refractivity contribution < 1.29 is 17.9 Å². The van der Waals surface area contributed by atoms with Gasteiger partial charge in [-0.3, -0.25) is 4.79 Å². The largest absolute Gasteiger partial charge is 0.495 e. The molecule has 0 radical (unpaired) electrons. The molecule has 27 heavy (non-hydrogen) atoms. The van der Waals surface area contributed by atoms with Crippen LogP contribution in [0.2, 0.25) is 5.02 Å². The SMILES string of the molecule is COc1ccc(C(=O)NCC(C)C)cc1S(=O)(=O)NCc1ccc(Cl)cc1. The van der Waals surface area contributed by atoms with Gasteiger partial charge in [-0.25, -0.2) is 13.1 Å². The highest BCUT2D eigenvalue weighted by Crippen LogP contribution is 2.25. The molecule has 0 aromatic heterocycles. The summed E-state index contributed by atoms with van der Waals surface area (Å²) in [6.45, 7) is 4.55. The lowest BCUT2D eigenvalue weighted by molar-refractivity contribution is 0.0948. The van der Waals surface area contributed by atoms with Gasteiger partial charge in [0.1, 0.15) is 10.6 Å². The Kier molecular flexibility index (Phi) is 7.24. The molecule has 0 saturated carbocycles. The standard InChI is InChI=1S/C19H23ClN2O4S/c1-13(2)11-21-19(23)15-6-9-17(26-3)18(10-15)27(24,25)22-12-14-4-7-16(20)8-5-14/h4-10,13,22H,11-12H2,1-3H3,(H,21,23). The van der Waals surface area contributed by atoms with E-state index in [-0.39, 0.29) is 34.6 Å². The topological polar surface area (TPSA) is 84.5 Å². The van der Waals surface area contributed by atoms with Gasteiger partial charge in [-0.15, -0.1) is 0 Å². The van der Waals surface area contributed by atoms with Gasteiger partial charge in [0.15, 0.2) is 0 Å². The molecule has 0 aliphatic carbocycles. The van der Waals surface area contributed by atoms with E-state index in [9.17, 15) is 13.2 Å². The lowest BCUT2D eigenvalue weighted by Gasteiger charge is -2.13. The van der Waals surface area contributed by atoms with Crippen molar-refractivity contribution in [3.63, 3.8) is 0 Å². The van der Waals surface area contributed by atoms with E-state index in [2.05, 4.69) is 10.0 Å². The summed E-state index contributed by atoms with van der Waals surface area (Å²) in [5.74, 6) is 0.121. The number of nitrogens with one attached hydrogen (secondary N) is 2. The van der Waals surface area contributed by atoms with Crippen LogP contribution in [0.15, 0.2) is 47.4 Å². The van der Waals surface area contributed by atoms with Crippen molar-refractivity contribution in [2.24, 2.45) is 5.92 Å². The zero-order valence-electron chi connectivity index (χ0n) is 15.5. The van der Waals surface area contributed by atoms with Crippen LogP contribution in [0.1, 0.15) is 29.8 Å². The zero-order chi connectivity index (χ0) is 20.0. The van der Waals surface area contributed by atoms with Gasteiger partial charge in [-0.2, -0.15) is 0 Å². The van der Waals surface area contributed by atoms with Crippen molar-refractivity contribution in [1.82, 2.24) is 10.0 Å². The second-order valence-corrected chi connectivity index (χ2v) is 8.59. The Balaban J connectivity index is 2.23. The van der Waals surface area contributed by atoms with Gasteiger partial charge in [-0.05, 0) is 41.8 Å². The number of carbonyl (C=O) groups is 1. The summed E-state index contributed by atoms with van der Waals surface area (Å²) in [5.41, 5.74) is 1.01. The summed E-state index contributed by atoms with van der Waals surface area (Å²) in [6.07, 6.45) is 0. The molecular formula is C19H23ClN2O4S. The normalized spacial score (nSPS) is 11.4. The first-order valence-electron chi connectivity index (χ1n) is 8.43. The molecule has 6 nitrogen and oxygen atoms in total. The Morgan fingerprint density at radius 3 is 2.41 bits per heavy atom. The Morgan fingerprint density at radius 1 is 1.15 bits per heavy atom. The monoisotopic (exact) mass is 410 g/mol. The van der Waals surface area contributed by atoms with E-state index >= 15 is 0 Å². The summed E-state index contributed by atoms with van der Waals surface area (Å²) >= 11 is 5.84. The van der Waals surface area contributed by atoms with Crippen LogP contribution in [0.25, 0.3) is 0 Å². The lowest BCUT2D eigenvalue weighted by Crippen LogP contribution is -2.28. The van der Waals surface area contributed by atoms with Gasteiger partial charge < -0.3 is 10.1 Å². The zero-order valence-corrected chi connectivity index (χ0v) is 17.0. The number of benzene rings is 2. The van der Waals surface area contributed by atoms with Crippen LogP contribution >= 0.6 is 11.6 Å². The Bertz CT molecular complexity index is 896. The maximum absolute atomic E-state index is 12.7. The average molecular weight is 411 g/mol. The third-order valence-electron chi connectivity index (χ3n) is 3.77. The molecule has 0 unspecified atom stereocenters. The van der Waals surface area contributed by atoms with Crippen LogP contribution in [-0.2, 0) is 16.6 Å². The van der Waals surface area contributed by atoms with E-state index in [1.807, 2.05) is 13.8 Å². The molecule has 2 aromatic carbocycles. The van der Waals surface area contributed by atoms with Crippen molar-refractivity contribution in [2.45, 2.75) is 25.3 Å². The van der Waals surface area contributed by atoms with Crippen molar-refractivity contribution in [3.05, 3.63) is 58.6 Å². The molecule has 2 rings (SSSR count). The van der Waals surface area contributed by atoms with Crippen LogP contribution in [0.4, 0.5) is 0 Å².